The number of ether oxygens (including phenoxy) is 2. The van der Waals surface area contributed by atoms with E-state index in [0.29, 0.717) is 36.9 Å². The molecule has 0 radical (unpaired) electrons. The van der Waals surface area contributed by atoms with Crippen LogP contribution in [0.3, 0.4) is 0 Å². The predicted octanol–water partition coefficient (Wildman–Crippen LogP) is 4.13. The Kier molecular flexibility index (Phi) is 5.99. The smallest absolute Gasteiger partial charge is 0.243 e. The summed E-state index contributed by atoms with van der Waals surface area (Å²) in [5.74, 6) is 1.08. The molecule has 0 saturated heterocycles. The molecular weight excluding hydrogens is 448 g/mol. The van der Waals surface area contributed by atoms with Gasteiger partial charge in [0.2, 0.25) is 11.8 Å². The van der Waals surface area contributed by atoms with Crippen LogP contribution in [0.5, 0.6) is 11.5 Å². The normalized spacial score (nSPS) is 16.3. The van der Waals surface area contributed by atoms with E-state index in [1.54, 1.807) is 23.1 Å². The molecule has 7 heteroatoms. The van der Waals surface area contributed by atoms with Crippen LogP contribution in [0.15, 0.2) is 46.9 Å². The fourth-order valence-electron chi connectivity index (χ4n) is 4.05. The summed E-state index contributed by atoms with van der Waals surface area (Å²) in [6, 6.07) is 13.2. The van der Waals surface area contributed by atoms with Crippen molar-refractivity contribution in [1.29, 1.82) is 0 Å². The number of carbonyl (C=O) groups is 2. The third-order valence-electron chi connectivity index (χ3n) is 5.84. The summed E-state index contributed by atoms with van der Waals surface area (Å²) in [6.07, 6.45) is 2.64. The minimum atomic E-state index is -0.520. The Labute approximate surface area is 184 Å². The molecule has 1 fully saturated rings. The first-order chi connectivity index (χ1) is 14.5. The molecule has 0 bridgehead atoms. The van der Waals surface area contributed by atoms with Gasteiger partial charge in [-0.2, -0.15) is 0 Å². The molecule has 0 unspecified atom stereocenters. The predicted molar refractivity (Wildman–Crippen MR) is 118 cm³/mol. The van der Waals surface area contributed by atoms with Gasteiger partial charge in [0, 0.05) is 22.8 Å². The lowest BCUT2D eigenvalue weighted by molar-refractivity contribution is -0.143. The largest absolute Gasteiger partial charge is 0.486 e. The third kappa shape index (κ3) is 4.03. The molecule has 2 aromatic carbocycles. The van der Waals surface area contributed by atoms with E-state index in [1.165, 1.54) is 0 Å². The summed E-state index contributed by atoms with van der Waals surface area (Å²) in [5, 5.41) is 2.87. The lowest BCUT2D eigenvalue weighted by Crippen LogP contribution is -2.52. The lowest BCUT2D eigenvalue weighted by Gasteiger charge is -2.43. The summed E-state index contributed by atoms with van der Waals surface area (Å²) >= 11 is 3.45. The van der Waals surface area contributed by atoms with Crippen molar-refractivity contribution in [1.82, 2.24) is 4.90 Å². The van der Waals surface area contributed by atoms with E-state index >= 15 is 0 Å². The van der Waals surface area contributed by atoms with Crippen LogP contribution in [0.4, 0.5) is 5.69 Å². The van der Waals surface area contributed by atoms with Gasteiger partial charge >= 0.3 is 0 Å². The van der Waals surface area contributed by atoms with Crippen LogP contribution >= 0.6 is 15.9 Å². The highest BCUT2D eigenvalue weighted by atomic mass is 79.9. The van der Waals surface area contributed by atoms with Crippen molar-refractivity contribution in [3.63, 3.8) is 0 Å². The second-order valence-corrected chi connectivity index (χ2v) is 8.58. The highest BCUT2D eigenvalue weighted by Crippen LogP contribution is 2.45. The number of amides is 2. The zero-order valence-corrected chi connectivity index (χ0v) is 18.5. The van der Waals surface area contributed by atoms with E-state index in [1.807, 2.05) is 31.2 Å². The molecule has 1 aliphatic heterocycles. The van der Waals surface area contributed by atoms with Gasteiger partial charge in [-0.25, -0.2) is 0 Å². The molecule has 2 aliphatic rings. The molecule has 0 atom stereocenters. The lowest BCUT2D eigenvalue weighted by atomic mass is 9.63. The number of likely N-dealkylation sites (N-methyl/N-ethyl adjacent to an activating group) is 1. The van der Waals surface area contributed by atoms with Crippen LogP contribution in [0.2, 0.25) is 0 Å². The fraction of sp³-hybridized carbons (Fsp3) is 0.391. The number of rotatable bonds is 6. The van der Waals surface area contributed by atoms with Crippen molar-refractivity contribution < 1.29 is 19.1 Å². The van der Waals surface area contributed by atoms with Crippen LogP contribution in [-0.4, -0.2) is 43.0 Å². The number of nitrogens with one attached hydrogen (secondary N) is 1. The van der Waals surface area contributed by atoms with Crippen LogP contribution in [0.1, 0.15) is 31.7 Å². The number of hydrogen-bond acceptors (Lipinski definition) is 4. The molecule has 1 heterocycles. The topological polar surface area (TPSA) is 67.9 Å². The number of hydrogen-bond donors (Lipinski definition) is 1. The minimum Gasteiger partial charge on any atom is -0.486 e. The van der Waals surface area contributed by atoms with Crippen molar-refractivity contribution in [3.05, 3.63) is 52.5 Å². The van der Waals surface area contributed by atoms with Crippen molar-refractivity contribution >= 4 is 33.4 Å². The highest BCUT2D eigenvalue weighted by Gasteiger charge is 2.47. The van der Waals surface area contributed by atoms with Gasteiger partial charge in [0.15, 0.2) is 11.5 Å². The maximum Gasteiger partial charge on any atom is 0.243 e. The summed E-state index contributed by atoms with van der Waals surface area (Å²) in [5.41, 5.74) is 1.13. The third-order valence-corrected chi connectivity index (χ3v) is 6.37. The van der Waals surface area contributed by atoms with Gasteiger partial charge in [0.05, 0.1) is 12.0 Å². The Bertz CT molecular complexity index is 941. The van der Waals surface area contributed by atoms with Crippen LogP contribution in [0.25, 0.3) is 0 Å². The zero-order valence-electron chi connectivity index (χ0n) is 16.9. The molecular formula is C23H25BrN2O4. The molecule has 4 rings (SSSR count). The number of anilines is 1. The van der Waals surface area contributed by atoms with Gasteiger partial charge in [0.1, 0.15) is 13.2 Å². The standard InChI is InChI=1S/C23H25BrN2O4/c1-2-26(22(28)23(10-3-11-23)16-4-6-17(24)7-5-16)15-21(27)25-18-8-9-19-20(14-18)30-13-12-29-19/h4-9,14H,2-3,10-13,15H2,1H3,(H,25,27). The van der Waals surface area contributed by atoms with Gasteiger partial charge in [-0.1, -0.05) is 34.5 Å². The van der Waals surface area contributed by atoms with E-state index in [9.17, 15) is 9.59 Å². The summed E-state index contributed by atoms with van der Waals surface area (Å²) in [6.45, 7) is 3.41. The summed E-state index contributed by atoms with van der Waals surface area (Å²) in [4.78, 5) is 27.8. The second kappa shape index (κ2) is 8.68. The molecule has 1 saturated carbocycles. The van der Waals surface area contributed by atoms with E-state index in [0.717, 1.165) is 29.3 Å². The van der Waals surface area contributed by atoms with E-state index in [4.69, 9.17) is 9.47 Å². The monoisotopic (exact) mass is 472 g/mol. The maximum absolute atomic E-state index is 13.4. The summed E-state index contributed by atoms with van der Waals surface area (Å²) < 4.78 is 12.1. The number of benzene rings is 2. The SMILES string of the molecule is CCN(CC(=O)Nc1ccc2c(c1)OCCO2)C(=O)C1(c2ccc(Br)cc2)CCC1. The quantitative estimate of drug-likeness (QED) is 0.686. The van der Waals surface area contributed by atoms with E-state index in [-0.39, 0.29) is 18.4 Å². The molecule has 0 spiro atoms. The first kappa shape index (κ1) is 20.7. The number of carbonyl (C=O) groups excluding carboxylic acids is 2. The Hall–Kier alpha value is -2.54. The Morgan fingerprint density at radius 3 is 2.40 bits per heavy atom. The first-order valence-corrected chi connectivity index (χ1v) is 11.1. The molecule has 1 N–H and O–H groups in total. The average molecular weight is 473 g/mol. The molecule has 2 aromatic rings. The van der Waals surface area contributed by atoms with Gasteiger partial charge in [-0.15, -0.1) is 0 Å². The molecule has 158 valence electrons. The molecule has 30 heavy (non-hydrogen) atoms. The first-order valence-electron chi connectivity index (χ1n) is 10.3. The zero-order chi connectivity index (χ0) is 21.1. The van der Waals surface area contributed by atoms with Crippen molar-refractivity contribution in [2.75, 3.05) is 31.6 Å². The van der Waals surface area contributed by atoms with Gasteiger partial charge in [-0.3, -0.25) is 9.59 Å². The van der Waals surface area contributed by atoms with Crippen molar-refractivity contribution in [3.8, 4) is 11.5 Å². The fourth-order valence-corrected chi connectivity index (χ4v) is 4.31. The van der Waals surface area contributed by atoms with E-state index < -0.39 is 5.41 Å². The van der Waals surface area contributed by atoms with Crippen molar-refractivity contribution in [2.24, 2.45) is 0 Å². The number of halogens is 1. The number of fused-ring (bicyclic) bond motifs is 1. The maximum atomic E-state index is 13.4. The van der Waals surface area contributed by atoms with Gasteiger partial charge in [0.25, 0.3) is 0 Å². The highest BCUT2D eigenvalue weighted by molar-refractivity contribution is 9.10. The number of nitrogens with zero attached hydrogens (tertiary/aromatic N) is 1. The van der Waals surface area contributed by atoms with Crippen molar-refractivity contribution in [2.45, 2.75) is 31.6 Å². The average Bonchev–Trinajstić information content (AvgIpc) is 2.72. The van der Waals surface area contributed by atoms with E-state index in [2.05, 4.69) is 21.2 Å². The molecule has 1 aliphatic carbocycles. The Morgan fingerprint density at radius 2 is 1.77 bits per heavy atom. The van der Waals surface area contributed by atoms with Gasteiger partial charge < -0.3 is 19.7 Å². The van der Waals surface area contributed by atoms with Crippen LogP contribution in [-0.2, 0) is 15.0 Å². The van der Waals surface area contributed by atoms with Crippen LogP contribution in [0, 0.1) is 0 Å². The minimum absolute atomic E-state index is 0.0159. The molecule has 2 amide bonds. The Morgan fingerprint density at radius 1 is 1.07 bits per heavy atom. The molecule has 0 aromatic heterocycles. The summed E-state index contributed by atoms with van der Waals surface area (Å²) in [7, 11) is 0. The second-order valence-electron chi connectivity index (χ2n) is 7.67. The Balaban J connectivity index is 1.45. The molecule has 6 nitrogen and oxygen atoms in total. The van der Waals surface area contributed by atoms with Crippen LogP contribution < -0.4 is 14.8 Å². The van der Waals surface area contributed by atoms with Gasteiger partial charge in [-0.05, 0) is 49.6 Å².